The van der Waals surface area contributed by atoms with E-state index in [0.717, 1.165) is 0 Å². The number of nitrogens with two attached hydrogens (primary N) is 1. The van der Waals surface area contributed by atoms with Crippen molar-refractivity contribution < 1.29 is 30.6 Å². The summed E-state index contributed by atoms with van der Waals surface area (Å²) in [5, 5.41) is 11.3. The minimum Gasteiger partial charge on any atom is -0.383 e. The summed E-state index contributed by atoms with van der Waals surface area (Å²) < 4.78 is 90.5. The predicted octanol–water partition coefficient (Wildman–Crippen LogP) is 4.18. The molecule has 2 rings (SSSR count). The Morgan fingerprint density at radius 3 is 2.04 bits per heavy atom. The van der Waals surface area contributed by atoms with Crippen molar-refractivity contribution in [3.05, 3.63) is 33.4 Å². The van der Waals surface area contributed by atoms with E-state index in [1.54, 1.807) is 0 Å². The summed E-state index contributed by atoms with van der Waals surface area (Å²) in [6.45, 7) is 0. The molecule has 1 heterocycles. The average Bonchev–Trinajstić information content (AvgIpc) is 2.81. The number of benzene rings is 1. The number of rotatable bonds is 2. The molecule has 27 heavy (non-hydrogen) atoms. The third kappa shape index (κ3) is 3.59. The summed E-state index contributed by atoms with van der Waals surface area (Å²) in [6, 6.07) is 2.26. The minimum absolute atomic E-state index is 0.349. The Kier molecular flexibility index (Phi) is 5.19. The molecule has 148 valence electrons. The van der Waals surface area contributed by atoms with E-state index in [1.807, 2.05) is 0 Å². The van der Waals surface area contributed by atoms with Gasteiger partial charge in [-0.15, -0.1) is 0 Å². The Morgan fingerprint density at radius 1 is 1.19 bits per heavy atom. The van der Waals surface area contributed by atoms with Gasteiger partial charge in [-0.2, -0.15) is 36.7 Å². The predicted molar refractivity (Wildman–Crippen MR) is 87.5 cm³/mol. The lowest BCUT2D eigenvalue weighted by Crippen LogP contribution is -2.31. The number of anilines is 1. The van der Waals surface area contributed by atoms with E-state index in [1.165, 1.54) is 6.07 Å². The van der Waals surface area contributed by atoms with E-state index in [2.05, 4.69) is 5.10 Å². The van der Waals surface area contributed by atoms with Gasteiger partial charge in [0.1, 0.15) is 22.5 Å². The first-order chi connectivity index (χ1) is 12.1. The number of hydrogen-bond acceptors (Lipinski definition) is 4. The van der Waals surface area contributed by atoms with Gasteiger partial charge in [0.2, 0.25) is 0 Å². The number of thiol groups is 1. The van der Waals surface area contributed by atoms with E-state index >= 15 is 0 Å². The maximum Gasteiger partial charge on any atom is 0.452 e. The second kappa shape index (κ2) is 6.57. The quantitative estimate of drug-likeness (QED) is 0.528. The van der Waals surface area contributed by atoms with Gasteiger partial charge < -0.3 is 5.73 Å². The van der Waals surface area contributed by atoms with Gasteiger partial charge in [-0.05, 0) is 12.1 Å². The highest BCUT2D eigenvalue weighted by atomic mass is 35.5. The molecule has 0 aliphatic rings. The van der Waals surface area contributed by atoms with Gasteiger partial charge >= 0.3 is 11.7 Å². The van der Waals surface area contributed by atoms with E-state index < -0.39 is 59.3 Å². The zero-order valence-electron chi connectivity index (χ0n) is 13.0. The fourth-order valence-corrected chi connectivity index (χ4v) is 4.08. The van der Waals surface area contributed by atoms with Crippen LogP contribution in [-0.2, 0) is 16.1 Å². The van der Waals surface area contributed by atoms with Gasteiger partial charge in [-0.25, -0.2) is 4.68 Å². The van der Waals surface area contributed by atoms with Crippen molar-refractivity contribution in [3.63, 3.8) is 0 Å². The van der Waals surface area contributed by atoms with Crippen LogP contribution in [0.4, 0.5) is 32.2 Å². The molecule has 5 nitrogen and oxygen atoms in total. The number of hydrogen-bond donors (Lipinski definition) is 2. The van der Waals surface area contributed by atoms with Crippen molar-refractivity contribution in [2.24, 2.45) is 0 Å². The molecule has 0 saturated carbocycles. The largest absolute Gasteiger partial charge is 0.452 e. The molecular formula is C13H8Cl2F6N4OS. The normalized spacial score (nSPS) is 13.5. The molecule has 0 bridgehead atoms. The van der Waals surface area contributed by atoms with Crippen LogP contribution in [0.15, 0.2) is 17.0 Å². The molecule has 14 heteroatoms. The fraction of sp³-hybridized carbons (Fsp3) is 0.231. The Balaban J connectivity index is 2.81. The highest BCUT2D eigenvalue weighted by Crippen LogP contribution is 2.43. The van der Waals surface area contributed by atoms with Crippen molar-refractivity contribution in [1.29, 1.82) is 5.26 Å². The van der Waals surface area contributed by atoms with Crippen molar-refractivity contribution in [1.82, 2.24) is 9.78 Å². The van der Waals surface area contributed by atoms with E-state index in [4.69, 9.17) is 34.2 Å². The third-order valence-corrected chi connectivity index (χ3v) is 6.31. The summed E-state index contributed by atoms with van der Waals surface area (Å²) in [5.41, 5.74) is -2.26. The molecule has 0 unspecified atom stereocenters. The maximum atomic E-state index is 13.1. The first-order valence-electron chi connectivity index (χ1n) is 6.63. The zero-order valence-corrected chi connectivity index (χ0v) is 15.4. The fourth-order valence-electron chi connectivity index (χ4n) is 2.15. The van der Waals surface area contributed by atoms with E-state index in [0.29, 0.717) is 23.1 Å². The van der Waals surface area contributed by atoms with Gasteiger partial charge in [-0.1, -0.05) is 23.2 Å². The molecule has 0 atom stereocenters. The van der Waals surface area contributed by atoms with E-state index in [-0.39, 0.29) is 0 Å². The van der Waals surface area contributed by atoms with Crippen molar-refractivity contribution in [2.45, 2.75) is 16.6 Å². The Labute approximate surface area is 158 Å². The summed E-state index contributed by atoms with van der Waals surface area (Å²) in [4.78, 5) is -1.08. The molecule has 1 aromatic carbocycles. The SMILES string of the molecule is C[SH](=O)(c1c(C#N)nn(-c2c(Cl)cc(C(F)(F)F)cc2Cl)c1N)C(F)(F)F. The number of nitriles is 1. The van der Waals surface area contributed by atoms with Crippen LogP contribution in [0, 0.1) is 11.3 Å². The standard InChI is InChI=1S/C13H8Cl2F6N4OS/c1-27(26,13(19,20)21)10-8(4-22)24-25(11(10)23)9-6(14)2-5(3-7(9)15)12(16,17)18/h2-3,27H,23H2,1H3. The Morgan fingerprint density at radius 2 is 1.67 bits per heavy atom. The van der Waals surface area contributed by atoms with Gasteiger partial charge in [-0.3, -0.25) is 4.21 Å². The molecule has 0 radical (unpaired) electrons. The monoisotopic (exact) mass is 452 g/mol. The number of alkyl halides is 6. The Hall–Kier alpha value is -1.97. The van der Waals surface area contributed by atoms with Crippen LogP contribution in [0.3, 0.4) is 0 Å². The molecular weight excluding hydrogens is 445 g/mol. The molecule has 1 aromatic heterocycles. The molecule has 2 aromatic rings. The van der Waals surface area contributed by atoms with Crippen LogP contribution in [-0.4, -0.2) is 25.8 Å². The van der Waals surface area contributed by atoms with Crippen LogP contribution in [0.25, 0.3) is 5.69 Å². The van der Waals surface area contributed by atoms with Gasteiger partial charge in [0, 0.05) is 16.2 Å². The molecule has 0 aliphatic heterocycles. The van der Waals surface area contributed by atoms with Gasteiger partial charge in [0.05, 0.1) is 15.6 Å². The molecule has 0 amide bonds. The third-order valence-electron chi connectivity index (χ3n) is 3.47. The summed E-state index contributed by atoms with van der Waals surface area (Å²) >= 11 is 11.6. The topological polar surface area (TPSA) is 84.7 Å². The molecule has 0 saturated heterocycles. The van der Waals surface area contributed by atoms with Gasteiger partial charge in [0.25, 0.3) is 0 Å². The number of nitrogens with zero attached hydrogens (tertiary/aromatic N) is 3. The lowest BCUT2D eigenvalue weighted by molar-refractivity contribution is -0.137. The van der Waals surface area contributed by atoms with Crippen LogP contribution in [0.2, 0.25) is 10.0 Å². The first kappa shape index (κ1) is 21.3. The van der Waals surface area contributed by atoms with Crippen molar-refractivity contribution in [3.8, 4) is 11.8 Å². The zero-order chi connectivity index (χ0) is 20.9. The minimum atomic E-state index is -5.23. The summed E-state index contributed by atoms with van der Waals surface area (Å²) in [6.07, 6.45) is -4.44. The summed E-state index contributed by atoms with van der Waals surface area (Å²) in [5.74, 6) is -0.877. The number of halogens is 8. The highest BCUT2D eigenvalue weighted by molar-refractivity contribution is 8.03. The second-order valence-electron chi connectivity index (χ2n) is 5.28. The lowest BCUT2D eigenvalue weighted by atomic mass is 10.2. The Bertz CT molecular complexity index is 985. The van der Waals surface area contributed by atoms with Crippen LogP contribution >= 0.6 is 23.2 Å². The number of aromatic nitrogens is 2. The number of nitrogen functional groups attached to an aromatic ring is 1. The molecule has 0 aliphatic carbocycles. The van der Waals surface area contributed by atoms with Crippen LogP contribution < -0.4 is 5.73 Å². The highest BCUT2D eigenvalue weighted by Gasteiger charge is 2.47. The molecule has 0 fully saturated rings. The first-order valence-corrected chi connectivity index (χ1v) is 9.54. The molecule has 0 spiro atoms. The second-order valence-corrected chi connectivity index (χ2v) is 8.90. The van der Waals surface area contributed by atoms with Crippen LogP contribution in [0.5, 0.6) is 0 Å². The smallest absolute Gasteiger partial charge is 0.383 e. The lowest BCUT2D eigenvalue weighted by Gasteiger charge is -2.21. The van der Waals surface area contributed by atoms with Crippen molar-refractivity contribution in [2.75, 3.05) is 12.0 Å². The average molecular weight is 453 g/mol. The van der Waals surface area contributed by atoms with Crippen molar-refractivity contribution >= 4 is 39.0 Å². The van der Waals surface area contributed by atoms with Crippen LogP contribution in [0.1, 0.15) is 11.3 Å². The van der Waals surface area contributed by atoms with E-state index in [9.17, 15) is 30.6 Å². The maximum absolute atomic E-state index is 13.1. The van der Waals surface area contributed by atoms with Gasteiger partial charge in [0.15, 0.2) is 5.69 Å². The molecule has 2 N–H and O–H groups in total. The summed E-state index contributed by atoms with van der Waals surface area (Å²) in [7, 11) is -5.18.